The standard InChI is InChI=1S/C27H22N4O5S/c1-16-7-3-4-10-21(16)30-26(33)24-17(2)29-27(20(14-28)25(24)23-11-6-12-36-23)37-15-22(32)18-8-5-9-19(13-18)31(34)35/h3-13,25,29H,15H2,1-2H3,(H,30,33). The van der Waals surface area contributed by atoms with Crippen molar-refractivity contribution in [3.05, 3.63) is 116 Å². The Kier molecular flexibility index (Phi) is 7.55. The molecule has 1 atom stereocenters. The van der Waals surface area contributed by atoms with E-state index in [1.54, 1.807) is 25.1 Å². The zero-order valence-corrected chi connectivity index (χ0v) is 20.8. The van der Waals surface area contributed by atoms with Gasteiger partial charge in [0.25, 0.3) is 11.6 Å². The number of ketones is 1. The van der Waals surface area contributed by atoms with Gasteiger partial charge in [0.1, 0.15) is 5.76 Å². The second-order valence-electron chi connectivity index (χ2n) is 8.26. The Morgan fingerprint density at radius 3 is 2.62 bits per heavy atom. The number of benzene rings is 2. The Balaban J connectivity index is 1.63. The van der Waals surface area contributed by atoms with Gasteiger partial charge in [-0.2, -0.15) is 5.26 Å². The third kappa shape index (κ3) is 5.47. The highest BCUT2D eigenvalue weighted by atomic mass is 32.2. The van der Waals surface area contributed by atoms with Crippen molar-refractivity contribution in [1.29, 1.82) is 5.26 Å². The van der Waals surface area contributed by atoms with Crippen LogP contribution in [0.25, 0.3) is 0 Å². The van der Waals surface area contributed by atoms with Gasteiger partial charge >= 0.3 is 0 Å². The zero-order chi connectivity index (χ0) is 26.5. The van der Waals surface area contributed by atoms with Gasteiger partial charge in [0.05, 0.1) is 45.1 Å². The number of nitro groups is 1. The summed E-state index contributed by atoms with van der Waals surface area (Å²) >= 11 is 1.09. The number of anilines is 1. The first-order chi connectivity index (χ1) is 17.8. The van der Waals surface area contributed by atoms with Crippen molar-refractivity contribution in [2.75, 3.05) is 11.1 Å². The first-order valence-corrected chi connectivity index (χ1v) is 12.2. The van der Waals surface area contributed by atoms with Gasteiger partial charge in [0.2, 0.25) is 0 Å². The Hall–Kier alpha value is -4.62. The van der Waals surface area contributed by atoms with E-state index in [1.165, 1.54) is 30.5 Å². The van der Waals surface area contributed by atoms with Gasteiger partial charge in [-0.05, 0) is 37.6 Å². The minimum absolute atomic E-state index is 0.0718. The quantitative estimate of drug-likeness (QED) is 0.230. The van der Waals surface area contributed by atoms with Crippen LogP contribution in [0.4, 0.5) is 11.4 Å². The van der Waals surface area contributed by atoms with E-state index in [0.717, 1.165) is 17.3 Å². The molecule has 9 nitrogen and oxygen atoms in total. The summed E-state index contributed by atoms with van der Waals surface area (Å²) in [6, 6.07) is 18.4. The molecule has 1 unspecified atom stereocenters. The fourth-order valence-corrected chi connectivity index (χ4v) is 4.97. The second kappa shape index (κ2) is 11.0. The van der Waals surface area contributed by atoms with Gasteiger partial charge in [-0.15, -0.1) is 0 Å². The number of rotatable bonds is 8. The number of nitro benzene ring substituents is 1. The molecule has 3 aromatic rings. The molecule has 1 aromatic heterocycles. The SMILES string of the molecule is CC1=C(C(=O)Nc2ccccc2C)C(c2ccco2)C(C#N)=C(SCC(=O)c2cccc([N+](=O)[O-])c2)N1. The lowest BCUT2D eigenvalue weighted by Gasteiger charge is -2.28. The molecule has 1 aliphatic heterocycles. The smallest absolute Gasteiger partial charge is 0.270 e. The lowest BCUT2D eigenvalue weighted by molar-refractivity contribution is -0.384. The minimum Gasteiger partial charge on any atom is -0.468 e. The van der Waals surface area contributed by atoms with Gasteiger partial charge in [-0.3, -0.25) is 19.7 Å². The number of dihydropyridines is 1. The van der Waals surface area contributed by atoms with E-state index in [4.69, 9.17) is 4.42 Å². The average Bonchev–Trinajstić information content (AvgIpc) is 3.43. The number of Topliss-reactive ketones (excluding diaryl/α,β-unsaturated/α-hetero) is 1. The van der Waals surface area contributed by atoms with E-state index in [9.17, 15) is 25.0 Å². The molecule has 2 heterocycles. The zero-order valence-electron chi connectivity index (χ0n) is 20.0. The van der Waals surface area contributed by atoms with Gasteiger partial charge in [0, 0.05) is 29.1 Å². The Morgan fingerprint density at radius 1 is 1.16 bits per heavy atom. The van der Waals surface area contributed by atoms with Crippen LogP contribution in [0, 0.1) is 28.4 Å². The number of amides is 1. The van der Waals surface area contributed by atoms with Crippen LogP contribution in [0.5, 0.6) is 0 Å². The van der Waals surface area contributed by atoms with Crippen molar-refractivity contribution in [2.45, 2.75) is 19.8 Å². The predicted molar refractivity (Wildman–Crippen MR) is 140 cm³/mol. The summed E-state index contributed by atoms with van der Waals surface area (Å²) < 4.78 is 5.62. The number of nitriles is 1. The van der Waals surface area contributed by atoms with Gasteiger partial charge in [0.15, 0.2) is 5.78 Å². The van der Waals surface area contributed by atoms with Gasteiger partial charge < -0.3 is 15.1 Å². The number of carbonyl (C=O) groups is 2. The highest BCUT2D eigenvalue weighted by Gasteiger charge is 2.36. The molecular formula is C27H22N4O5S. The summed E-state index contributed by atoms with van der Waals surface area (Å²) in [7, 11) is 0. The highest BCUT2D eigenvalue weighted by molar-refractivity contribution is 8.03. The Labute approximate surface area is 217 Å². The number of para-hydroxylation sites is 1. The van der Waals surface area contributed by atoms with Gasteiger partial charge in [-0.25, -0.2) is 0 Å². The first-order valence-electron chi connectivity index (χ1n) is 11.2. The summed E-state index contributed by atoms with van der Waals surface area (Å²) in [4.78, 5) is 36.7. The normalized spacial score (nSPS) is 15.1. The summed E-state index contributed by atoms with van der Waals surface area (Å²) in [5.41, 5.74) is 2.62. The van der Waals surface area contributed by atoms with Crippen molar-refractivity contribution in [3.8, 4) is 6.07 Å². The van der Waals surface area contributed by atoms with Gasteiger partial charge in [-0.1, -0.05) is 42.1 Å². The topological polar surface area (TPSA) is 138 Å². The molecule has 0 bridgehead atoms. The Morgan fingerprint density at radius 2 is 1.95 bits per heavy atom. The minimum atomic E-state index is -0.791. The number of carbonyl (C=O) groups excluding carboxylic acids is 2. The van der Waals surface area contributed by atoms with Crippen molar-refractivity contribution < 1.29 is 18.9 Å². The van der Waals surface area contributed by atoms with Crippen LogP contribution in [0.3, 0.4) is 0 Å². The molecule has 2 aromatic carbocycles. The van der Waals surface area contributed by atoms with Crippen LogP contribution in [0.1, 0.15) is 34.5 Å². The van der Waals surface area contributed by atoms with Crippen LogP contribution in [0.2, 0.25) is 0 Å². The molecule has 0 saturated carbocycles. The monoisotopic (exact) mass is 514 g/mol. The molecule has 4 rings (SSSR count). The van der Waals surface area contributed by atoms with Crippen LogP contribution < -0.4 is 10.6 Å². The third-order valence-electron chi connectivity index (χ3n) is 5.84. The number of allylic oxidation sites excluding steroid dienone is 2. The van der Waals surface area contributed by atoms with Crippen LogP contribution in [-0.2, 0) is 4.79 Å². The molecule has 0 spiro atoms. The van der Waals surface area contributed by atoms with Crippen molar-refractivity contribution in [2.24, 2.45) is 0 Å². The maximum Gasteiger partial charge on any atom is 0.270 e. The number of nitrogens with zero attached hydrogens (tertiary/aromatic N) is 2. The largest absolute Gasteiger partial charge is 0.468 e. The number of aryl methyl sites for hydroxylation is 1. The molecule has 0 radical (unpaired) electrons. The highest BCUT2D eigenvalue weighted by Crippen LogP contribution is 2.41. The summed E-state index contributed by atoms with van der Waals surface area (Å²) in [5, 5.41) is 27.6. The predicted octanol–water partition coefficient (Wildman–Crippen LogP) is 5.45. The number of thioether (sulfide) groups is 1. The summed E-state index contributed by atoms with van der Waals surface area (Å²) in [6.45, 7) is 3.60. The number of hydrogen-bond acceptors (Lipinski definition) is 8. The van der Waals surface area contributed by atoms with Crippen molar-refractivity contribution >= 4 is 34.8 Å². The number of hydrogen-bond donors (Lipinski definition) is 2. The maximum absolute atomic E-state index is 13.4. The maximum atomic E-state index is 13.4. The van der Waals surface area contributed by atoms with Crippen LogP contribution in [0.15, 0.2) is 93.2 Å². The van der Waals surface area contributed by atoms with Crippen LogP contribution >= 0.6 is 11.8 Å². The molecule has 0 aliphatic carbocycles. The molecular weight excluding hydrogens is 492 g/mol. The molecule has 10 heteroatoms. The molecule has 2 N–H and O–H groups in total. The summed E-state index contributed by atoms with van der Waals surface area (Å²) in [6.07, 6.45) is 1.47. The second-order valence-corrected chi connectivity index (χ2v) is 9.24. The lowest BCUT2D eigenvalue weighted by atomic mass is 9.85. The van der Waals surface area contributed by atoms with E-state index >= 15 is 0 Å². The fraction of sp³-hybridized carbons (Fsp3) is 0.148. The van der Waals surface area contributed by atoms with E-state index in [1.807, 2.05) is 25.1 Å². The number of nitrogens with one attached hydrogen (secondary N) is 2. The lowest BCUT2D eigenvalue weighted by Crippen LogP contribution is -2.31. The summed E-state index contributed by atoms with van der Waals surface area (Å²) in [5.74, 6) is -1.17. The third-order valence-corrected chi connectivity index (χ3v) is 6.86. The number of non-ortho nitro benzene ring substituents is 1. The fourth-order valence-electron chi connectivity index (χ4n) is 3.98. The molecule has 0 fully saturated rings. The first kappa shape index (κ1) is 25.5. The van der Waals surface area contributed by atoms with Crippen molar-refractivity contribution in [3.63, 3.8) is 0 Å². The molecule has 0 saturated heterocycles. The van der Waals surface area contributed by atoms with Crippen molar-refractivity contribution in [1.82, 2.24) is 5.32 Å². The average molecular weight is 515 g/mol. The van der Waals surface area contributed by atoms with E-state index in [-0.39, 0.29) is 34.3 Å². The van der Waals surface area contributed by atoms with E-state index in [2.05, 4.69) is 16.7 Å². The molecule has 1 aliphatic rings. The molecule has 1 amide bonds. The van der Waals surface area contributed by atoms with E-state index < -0.39 is 10.8 Å². The Bertz CT molecular complexity index is 1480. The van der Waals surface area contributed by atoms with E-state index in [0.29, 0.717) is 27.7 Å². The molecule has 186 valence electrons. The van der Waals surface area contributed by atoms with Crippen LogP contribution in [-0.4, -0.2) is 22.4 Å². The number of furan rings is 1. The molecule has 37 heavy (non-hydrogen) atoms.